The zero-order valence-corrected chi connectivity index (χ0v) is 17.2. The van der Waals surface area contributed by atoms with Crippen molar-refractivity contribution >= 4 is 18.6 Å². The van der Waals surface area contributed by atoms with E-state index in [0.29, 0.717) is 12.5 Å². The fourth-order valence-corrected chi connectivity index (χ4v) is 3.61. The van der Waals surface area contributed by atoms with E-state index in [4.69, 9.17) is 14.0 Å². The zero-order valence-electron chi connectivity index (χ0n) is 17.2. The summed E-state index contributed by atoms with van der Waals surface area (Å²) in [5.41, 5.74) is 0.305. The molecule has 0 aliphatic carbocycles. The van der Waals surface area contributed by atoms with Crippen molar-refractivity contribution in [1.29, 1.82) is 0 Å². The first kappa shape index (κ1) is 20.4. The third-order valence-electron chi connectivity index (χ3n) is 6.16. The fourth-order valence-electron chi connectivity index (χ4n) is 3.61. The first-order chi connectivity index (χ1) is 12.7. The second-order valence-corrected chi connectivity index (χ2v) is 8.59. The van der Waals surface area contributed by atoms with Gasteiger partial charge in [0.05, 0.1) is 24.4 Å². The highest BCUT2D eigenvalue weighted by molar-refractivity contribution is 6.62. The summed E-state index contributed by atoms with van der Waals surface area (Å²) in [7, 11) is 1.08. The van der Waals surface area contributed by atoms with Gasteiger partial charge in [0, 0.05) is 37.4 Å². The maximum absolute atomic E-state index is 11.2. The number of ether oxygens (including phenoxy) is 1. The van der Waals surface area contributed by atoms with Crippen molar-refractivity contribution in [3.63, 3.8) is 0 Å². The highest BCUT2D eigenvalue weighted by Gasteiger charge is 2.52. The van der Waals surface area contributed by atoms with Crippen LogP contribution in [0, 0.1) is 0 Å². The topological polar surface area (TPSA) is 65.8 Å². The molecule has 0 radical (unpaired) electrons. The van der Waals surface area contributed by atoms with E-state index in [1.54, 1.807) is 0 Å². The molecular weight excluding hydrogens is 345 g/mol. The van der Waals surface area contributed by atoms with E-state index in [2.05, 4.69) is 48.6 Å². The summed E-state index contributed by atoms with van der Waals surface area (Å²) in [6.45, 7) is 11.2. The lowest BCUT2D eigenvalue weighted by atomic mass is 9.82. The Balaban J connectivity index is 1.50. The van der Waals surface area contributed by atoms with E-state index in [1.807, 2.05) is 6.20 Å². The Morgan fingerprint density at radius 1 is 1.26 bits per heavy atom. The van der Waals surface area contributed by atoms with Crippen LogP contribution >= 0.6 is 0 Å². The zero-order chi connectivity index (χ0) is 19.7. The van der Waals surface area contributed by atoms with Gasteiger partial charge in [-0.25, -0.2) is 0 Å². The SMILES string of the molecule is COC(=O)CCCN1CCC(n2cc(B3OC(C)(C)C(C)(C)O3)cn2)CC1. The summed E-state index contributed by atoms with van der Waals surface area (Å²) >= 11 is 0. The predicted molar refractivity (Wildman–Crippen MR) is 104 cm³/mol. The molecule has 2 aliphatic rings. The molecular formula is C19H32BN3O4. The van der Waals surface area contributed by atoms with Crippen LogP contribution in [0.4, 0.5) is 0 Å². The lowest BCUT2D eigenvalue weighted by Gasteiger charge is -2.32. The molecule has 2 fully saturated rings. The van der Waals surface area contributed by atoms with E-state index >= 15 is 0 Å². The van der Waals surface area contributed by atoms with Crippen LogP contribution in [0.5, 0.6) is 0 Å². The minimum absolute atomic E-state index is 0.128. The average Bonchev–Trinajstić information content (AvgIpc) is 3.18. The molecule has 1 aromatic heterocycles. The van der Waals surface area contributed by atoms with Gasteiger partial charge < -0.3 is 18.9 Å². The molecule has 2 aliphatic heterocycles. The summed E-state index contributed by atoms with van der Waals surface area (Å²) in [5.74, 6) is -0.128. The molecule has 2 saturated heterocycles. The molecule has 0 amide bonds. The molecule has 150 valence electrons. The number of hydrogen-bond acceptors (Lipinski definition) is 6. The van der Waals surface area contributed by atoms with Crippen molar-refractivity contribution in [3.05, 3.63) is 12.4 Å². The number of methoxy groups -OCH3 is 1. The number of hydrogen-bond donors (Lipinski definition) is 0. The number of rotatable bonds is 6. The summed E-state index contributed by atoms with van der Waals surface area (Å²) in [4.78, 5) is 13.6. The fraction of sp³-hybridized carbons (Fsp3) is 0.789. The third-order valence-corrected chi connectivity index (χ3v) is 6.16. The largest absolute Gasteiger partial charge is 0.498 e. The second kappa shape index (κ2) is 7.93. The van der Waals surface area contributed by atoms with Crippen LogP contribution in [0.3, 0.4) is 0 Å². The summed E-state index contributed by atoms with van der Waals surface area (Å²) < 4.78 is 19.0. The molecule has 7 nitrogen and oxygen atoms in total. The number of piperidine rings is 1. The number of likely N-dealkylation sites (tertiary alicyclic amines) is 1. The Hall–Kier alpha value is -1.38. The van der Waals surface area contributed by atoms with Crippen molar-refractivity contribution in [2.45, 2.75) is 70.6 Å². The Bertz CT molecular complexity index is 637. The van der Waals surface area contributed by atoms with Gasteiger partial charge in [-0.05, 0) is 53.5 Å². The van der Waals surface area contributed by atoms with Crippen molar-refractivity contribution < 1.29 is 18.8 Å². The quantitative estimate of drug-likeness (QED) is 0.556. The van der Waals surface area contributed by atoms with Crippen LogP contribution in [-0.4, -0.2) is 65.7 Å². The minimum Gasteiger partial charge on any atom is -0.469 e. The Morgan fingerprint density at radius 2 is 1.89 bits per heavy atom. The van der Waals surface area contributed by atoms with Gasteiger partial charge in [-0.15, -0.1) is 0 Å². The van der Waals surface area contributed by atoms with Gasteiger partial charge in [0.2, 0.25) is 0 Å². The van der Waals surface area contributed by atoms with Gasteiger partial charge >= 0.3 is 13.1 Å². The van der Waals surface area contributed by atoms with Gasteiger partial charge in [0.1, 0.15) is 0 Å². The molecule has 3 rings (SSSR count). The van der Waals surface area contributed by atoms with Gasteiger partial charge in [-0.2, -0.15) is 5.10 Å². The Labute approximate surface area is 162 Å². The monoisotopic (exact) mass is 377 g/mol. The standard InChI is InChI=1S/C19H32BN3O4/c1-18(2)19(3,4)27-20(26-18)15-13-21-23(14-15)16-8-11-22(12-9-16)10-6-7-17(24)25-5/h13-14,16H,6-12H2,1-5H3. The van der Waals surface area contributed by atoms with E-state index in [1.165, 1.54) is 7.11 Å². The molecule has 0 saturated carbocycles. The van der Waals surface area contributed by atoms with Crippen LogP contribution in [0.15, 0.2) is 12.4 Å². The molecule has 0 atom stereocenters. The average molecular weight is 377 g/mol. The van der Waals surface area contributed by atoms with Crippen LogP contribution in [-0.2, 0) is 18.8 Å². The molecule has 3 heterocycles. The highest BCUT2D eigenvalue weighted by Crippen LogP contribution is 2.36. The summed E-state index contributed by atoms with van der Waals surface area (Å²) in [6, 6.07) is 0.401. The molecule has 0 unspecified atom stereocenters. The number of esters is 1. The smallest absolute Gasteiger partial charge is 0.469 e. The van der Waals surface area contributed by atoms with Crippen LogP contribution in [0.2, 0.25) is 0 Å². The number of aromatic nitrogens is 2. The number of nitrogens with zero attached hydrogens (tertiary/aromatic N) is 3. The summed E-state index contributed by atoms with van der Waals surface area (Å²) in [5, 5.41) is 4.58. The number of carbonyl (C=O) groups is 1. The van der Waals surface area contributed by atoms with Crippen molar-refractivity contribution in [2.24, 2.45) is 0 Å². The van der Waals surface area contributed by atoms with Crippen molar-refractivity contribution in [2.75, 3.05) is 26.7 Å². The summed E-state index contributed by atoms with van der Waals surface area (Å²) in [6.07, 6.45) is 7.40. The predicted octanol–water partition coefficient (Wildman–Crippen LogP) is 1.77. The minimum atomic E-state index is -0.359. The lowest BCUT2D eigenvalue weighted by molar-refractivity contribution is -0.140. The lowest BCUT2D eigenvalue weighted by Crippen LogP contribution is -2.41. The van der Waals surface area contributed by atoms with Gasteiger partial charge in [-0.1, -0.05) is 0 Å². The molecule has 8 heteroatoms. The third kappa shape index (κ3) is 4.55. The highest BCUT2D eigenvalue weighted by atomic mass is 16.7. The maximum Gasteiger partial charge on any atom is 0.498 e. The van der Waals surface area contributed by atoms with Gasteiger partial charge in [-0.3, -0.25) is 9.48 Å². The van der Waals surface area contributed by atoms with E-state index in [0.717, 1.165) is 44.4 Å². The normalized spacial score (nSPS) is 22.9. The molecule has 1 aromatic rings. The van der Waals surface area contributed by atoms with Gasteiger partial charge in [0.15, 0.2) is 0 Å². The molecule has 0 spiro atoms. The van der Waals surface area contributed by atoms with E-state index in [-0.39, 0.29) is 24.3 Å². The van der Waals surface area contributed by atoms with Crippen LogP contribution in [0.25, 0.3) is 0 Å². The maximum atomic E-state index is 11.2. The Kier molecular flexibility index (Phi) is 5.98. The van der Waals surface area contributed by atoms with E-state index in [9.17, 15) is 4.79 Å². The van der Waals surface area contributed by atoms with Gasteiger partial charge in [0.25, 0.3) is 0 Å². The van der Waals surface area contributed by atoms with E-state index < -0.39 is 0 Å². The second-order valence-electron chi connectivity index (χ2n) is 8.59. The van der Waals surface area contributed by atoms with Crippen molar-refractivity contribution in [1.82, 2.24) is 14.7 Å². The van der Waals surface area contributed by atoms with Crippen LogP contribution in [0.1, 0.15) is 59.4 Å². The molecule has 0 bridgehead atoms. The molecule has 0 aromatic carbocycles. The first-order valence-electron chi connectivity index (χ1n) is 9.91. The van der Waals surface area contributed by atoms with Crippen molar-refractivity contribution in [3.8, 4) is 0 Å². The molecule has 0 N–H and O–H groups in total. The number of carbonyl (C=O) groups excluding carboxylic acids is 1. The molecule has 27 heavy (non-hydrogen) atoms. The Morgan fingerprint density at radius 3 is 2.48 bits per heavy atom. The van der Waals surface area contributed by atoms with Crippen LogP contribution < -0.4 is 5.46 Å². The first-order valence-corrected chi connectivity index (χ1v) is 9.91.